The van der Waals surface area contributed by atoms with Crippen LogP contribution < -0.4 is 10.9 Å². The maximum Gasteiger partial charge on any atom is 0.251 e. The highest BCUT2D eigenvalue weighted by Crippen LogP contribution is 1.94. The minimum absolute atomic E-state index is 0.143. The molecule has 7 heteroatoms. The zero-order valence-electron chi connectivity index (χ0n) is 12.1. The number of H-pyrrole nitrogens is 1. The van der Waals surface area contributed by atoms with Gasteiger partial charge >= 0.3 is 0 Å². The third-order valence-electron chi connectivity index (χ3n) is 2.55. The second-order valence-corrected chi connectivity index (χ2v) is 4.21. The van der Waals surface area contributed by atoms with Crippen LogP contribution in [0.1, 0.15) is 11.5 Å². The number of rotatable bonds is 11. The summed E-state index contributed by atoms with van der Waals surface area (Å²) in [6.45, 7) is 3.51. The van der Waals surface area contributed by atoms with Crippen molar-refractivity contribution in [1.82, 2.24) is 15.3 Å². The zero-order chi connectivity index (χ0) is 14.6. The van der Waals surface area contributed by atoms with Gasteiger partial charge in [-0.25, -0.2) is 4.98 Å². The van der Waals surface area contributed by atoms with Gasteiger partial charge in [-0.1, -0.05) is 0 Å². The second kappa shape index (κ2) is 10.5. The molecule has 1 heterocycles. The van der Waals surface area contributed by atoms with Crippen LogP contribution in [0.2, 0.25) is 0 Å². The van der Waals surface area contributed by atoms with Gasteiger partial charge in [-0.15, -0.1) is 0 Å². The van der Waals surface area contributed by atoms with E-state index in [9.17, 15) is 4.79 Å². The lowest BCUT2D eigenvalue weighted by Crippen LogP contribution is -2.22. The van der Waals surface area contributed by atoms with Gasteiger partial charge in [-0.2, -0.15) is 0 Å². The molecule has 0 saturated heterocycles. The second-order valence-electron chi connectivity index (χ2n) is 4.21. The van der Waals surface area contributed by atoms with Crippen LogP contribution in [0.15, 0.2) is 10.9 Å². The van der Waals surface area contributed by atoms with Crippen molar-refractivity contribution in [3.8, 4) is 0 Å². The highest BCUT2D eigenvalue weighted by molar-refractivity contribution is 5.02. The lowest BCUT2D eigenvalue weighted by molar-refractivity contribution is 0.0716. The van der Waals surface area contributed by atoms with E-state index in [-0.39, 0.29) is 5.56 Å². The maximum atomic E-state index is 11.5. The van der Waals surface area contributed by atoms with Crippen molar-refractivity contribution >= 4 is 0 Å². The van der Waals surface area contributed by atoms with Gasteiger partial charge in [-0.3, -0.25) is 4.79 Å². The molecule has 0 amide bonds. The van der Waals surface area contributed by atoms with E-state index < -0.39 is 0 Å². The quantitative estimate of drug-likeness (QED) is 0.544. The molecule has 0 aromatic carbocycles. The maximum absolute atomic E-state index is 11.5. The van der Waals surface area contributed by atoms with Gasteiger partial charge in [0, 0.05) is 39.8 Å². The highest BCUT2D eigenvalue weighted by atomic mass is 16.5. The molecule has 114 valence electrons. The predicted octanol–water partition coefficient (Wildman–Crippen LogP) is -0.289. The molecule has 1 aromatic heterocycles. The number of aromatic nitrogens is 2. The summed E-state index contributed by atoms with van der Waals surface area (Å²) in [6.07, 6.45) is 0.574. The van der Waals surface area contributed by atoms with Crippen molar-refractivity contribution in [2.24, 2.45) is 0 Å². The average molecular weight is 285 g/mol. The van der Waals surface area contributed by atoms with E-state index in [0.717, 1.165) is 12.2 Å². The number of hydrogen-bond acceptors (Lipinski definition) is 6. The Morgan fingerprint density at radius 1 is 1.20 bits per heavy atom. The Labute approximate surface area is 118 Å². The summed E-state index contributed by atoms with van der Waals surface area (Å²) in [6, 6.07) is 1.50. The molecule has 0 bridgehead atoms. The van der Waals surface area contributed by atoms with Crippen LogP contribution in [0.3, 0.4) is 0 Å². The molecule has 1 rings (SSSR count). The molecule has 0 aliphatic carbocycles. The fourth-order valence-electron chi connectivity index (χ4n) is 1.58. The van der Waals surface area contributed by atoms with E-state index in [2.05, 4.69) is 15.3 Å². The van der Waals surface area contributed by atoms with Gasteiger partial charge < -0.3 is 24.5 Å². The van der Waals surface area contributed by atoms with E-state index in [4.69, 9.17) is 14.2 Å². The summed E-state index contributed by atoms with van der Waals surface area (Å²) < 4.78 is 15.2. The van der Waals surface area contributed by atoms with Gasteiger partial charge in [0.2, 0.25) is 0 Å². The van der Waals surface area contributed by atoms with Crippen molar-refractivity contribution in [3.63, 3.8) is 0 Å². The van der Waals surface area contributed by atoms with Gasteiger partial charge in [0.1, 0.15) is 5.82 Å². The zero-order valence-corrected chi connectivity index (χ0v) is 12.1. The first-order valence-electron chi connectivity index (χ1n) is 6.61. The Morgan fingerprint density at radius 3 is 2.75 bits per heavy atom. The van der Waals surface area contributed by atoms with E-state index >= 15 is 0 Å². The Balaban J connectivity index is 2.38. The molecule has 7 nitrogen and oxygen atoms in total. The molecule has 0 aliphatic heterocycles. The molecular formula is C13H23N3O4. The van der Waals surface area contributed by atoms with Crippen molar-refractivity contribution in [2.75, 3.05) is 47.2 Å². The standard InChI is InChI=1S/C13H23N3O4/c1-18-6-4-14-10-11-9-13(17)16-12(15-11)3-5-20-8-7-19-2/h9,14H,3-8,10H2,1-2H3,(H,15,16,17). The van der Waals surface area contributed by atoms with Crippen LogP contribution in [-0.2, 0) is 27.2 Å². The molecular weight excluding hydrogens is 262 g/mol. The first-order chi connectivity index (χ1) is 9.76. The van der Waals surface area contributed by atoms with Crippen LogP contribution in [0.5, 0.6) is 0 Å². The Hall–Kier alpha value is -1.28. The largest absolute Gasteiger partial charge is 0.383 e. The van der Waals surface area contributed by atoms with Crippen LogP contribution in [0.4, 0.5) is 0 Å². The monoisotopic (exact) mass is 285 g/mol. The lowest BCUT2D eigenvalue weighted by atomic mass is 10.3. The number of ether oxygens (including phenoxy) is 3. The van der Waals surface area contributed by atoms with Crippen molar-refractivity contribution in [2.45, 2.75) is 13.0 Å². The summed E-state index contributed by atoms with van der Waals surface area (Å²) in [7, 11) is 3.28. The third-order valence-corrected chi connectivity index (χ3v) is 2.55. The molecule has 0 unspecified atom stereocenters. The minimum Gasteiger partial charge on any atom is -0.383 e. The van der Waals surface area contributed by atoms with Gasteiger partial charge in [0.05, 0.1) is 32.1 Å². The molecule has 2 N–H and O–H groups in total. The van der Waals surface area contributed by atoms with E-state index in [1.807, 2.05) is 0 Å². The Bertz CT molecular complexity index is 422. The van der Waals surface area contributed by atoms with E-state index in [1.54, 1.807) is 14.2 Å². The number of aromatic amines is 1. The fourth-order valence-corrected chi connectivity index (χ4v) is 1.58. The molecule has 0 aliphatic rings. The molecule has 1 aromatic rings. The SMILES string of the molecule is COCCNCc1cc(=O)[nH]c(CCOCCOC)n1. The normalized spacial score (nSPS) is 10.9. The van der Waals surface area contributed by atoms with Crippen molar-refractivity contribution in [3.05, 3.63) is 27.9 Å². The van der Waals surface area contributed by atoms with E-state index in [0.29, 0.717) is 45.2 Å². The number of methoxy groups -OCH3 is 2. The minimum atomic E-state index is -0.143. The van der Waals surface area contributed by atoms with Gasteiger partial charge in [0.25, 0.3) is 5.56 Å². The Kier molecular flexibility index (Phi) is 8.81. The van der Waals surface area contributed by atoms with Crippen LogP contribution >= 0.6 is 0 Å². The molecule has 20 heavy (non-hydrogen) atoms. The average Bonchev–Trinajstić information content (AvgIpc) is 2.43. The summed E-state index contributed by atoms with van der Waals surface area (Å²) in [5.74, 6) is 0.637. The molecule has 0 spiro atoms. The van der Waals surface area contributed by atoms with Crippen LogP contribution in [0, 0.1) is 0 Å². The molecule has 0 fully saturated rings. The number of nitrogens with one attached hydrogen (secondary N) is 2. The van der Waals surface area contributed by atoms with Gasteiger partial charge in [-0.05, 0) is 0 Å². The predicted molar refractivity (Wildman–Crippen MR) is 74.8 cm³/mol. The third kappa shape index (κ3) is 7.34. The van der Waals surface area contributed by atoms with Crippen LogP contribution in [-0.4, -0.2) is 57.2 Å². The first-order valence-corrected chi connectivity index (χ1v) is 6.61. The topological polar surface area (TPSA) is 85.5 Å². The highest BCUT2D eigenvalue weighted by Gasteiger charge is 2.02. The molecule has 0 radical (unpaired) electrons. The summed E-state index contributed by atoms with van der Waals surface area (Å²) >= 11 is 0. The number of hydrogen-bond donors (Lipinski definition) is 2. The Morgan fingerprint density at radius 2 is 2.00 bits per heavy atom. The first kappa shape index (κ1) is 16.8. The smallest absolute Gasteiger partial charge is 0.251 e. The fraction of sp³-hybridized carbons (Fsp3) is 0.692. The van der Waals surface area contributed by atoms with E-state index in [1.165, 1.54) is 6.07 Å². The summed E-state index contributed by atoms with van der Waals surface area (Å²) in [5, 5.41) is 3.15. The summed E-state index contributed by atoms with van der Waals surface area (Å²) in [5.41, 5.74) is 0.576. The molecule has 0 atom stereocenters. The van der Waals surface area contributed by atoms with Crippen molar-refractivity contribution in [1.29, 1.82) is 0 Å². The summed E-state index contributed by atoms with van der Waals surface area (Å²) in [4.78, 5) is 18.6. The van der Waals surface area contributed by atoms with Gasteiger partial charge in [0.15, 0.2) is 0 Å². The lowest BCUT2D eigenvalue weighted by Gasteiger charge is -2.06. The van der Waals surface area contributed by atoms with Crippen molar-refractivity contribution < 1.29 is 14.2 Å². The molecule has 0 saturated carbocycles. The van der Waals surface area contributed by atoms with Crippen LogP contribution in [0.25, 0.3) is 0 Å². The number of nitrogens with zero attached hydrogens (tertiary/aromatic N) is 1.